The van der Waals surface area contributed by atoms with Crippen molar-refractivity contribution in [2.24, 2.45) is 0 Å². The molecule has 0 fully saturated rings. The van der Waals surface area contributed by atoms with Gasteiger partial charge in [0.1, 0.15) is 0 Å². The zero-order valence-corrected chi connectivity index (χ0v) is 6.30. The van der Waals surface area contributed by atoms with Crippen LogP contribution in [0, 0.1) is 0 Å². The Balaban J connectivity index is 4.16. The van der Waals surface area contributed by atoms with Crippen LogP contribution in [0.3, 0.4) is 0 Å². The molecular weight excluding hydrogens is 132 g/mol. The summed E-state index contributed by atoms with van der Waals surface area (Å²) in [6.07, 6.45) is 1.17. The van der Waals surface area contributed by atoms with Crippen LogP contribution in [0.4, 0.5) is 0 Å². The van der Waals surface area contributed by atoms with E-state index >= 15 is 0 Å². The average Bonchev–Trinajstić information content (AvgIpc) is 1.87. The summed E-state index contributed by atoms with van der Waals surface area (Å²) in [5.41, 5.74) is 0.409. The van der Waals surface area contributed by atoms with Gasteiger partial charge in [-0.25, -0.2) is 4.79 Å². The normalized spacial score (nSPS) is 10.9. The molecule has 0 heterocycles. The molecule has 0 aliphatic carbocycles. The van der Waals surface area contributed by atoms with Crippen LogP contribution < -0.4 is 0 Å². The van der Waals surface area contributed by atoms with Gasteiger partial charge in [-0.05, 0) is 19.4 Å². The molecule has 56 valence electrons. The molecule has 0 unspecified atom stereocenters. The molecule has 0 aliphatic heterocycles. The number of allylic oxidation sites excluding steroid dienone is 1. The number of hydrogen-bond donors (Lipinski definition) is 0. The van der Waals surface area contributed by atoms with Crippen LogP contribution in [-0.4, -0.2) is 18.9 Å². The highest BCUT2D eigenvalue weighted by atomic mass is 16.5. The van der Waals surface area contributed by atoms with Crippen LogP contribution in [-0.2, 0) is 14.3 Å². The molecule has 0 bridgehead atoms. The minimum Gasteiger partial charge on any atom is -0.466 e. The third kappa shape index (κ3) is 3.02. The fraction of sp³-hybridized carbons (Fsp3) is 0.429. The van der Waals surface area contributed by atoms with E-state index in [-0.39, 0.29) is 5.78 Å². The molecule has 0 rings (SSSR count). The third-order valence-electron chi connectivity index (χ3n) is 1.09. The maximum Gasteiger partial charge on any atom is 0.330 e. The molecule has 0 aromatic heterocycles. The number of carbonyl (C=O) groups is 2. The predicted octanol–water partition coefficient (Wildman–Crippen LogP) is 0.695. The van der Waals surface area contributed by atoms with E-state index in [4.69, 9.17) is 0 Å². The smallest absolute Gasteiger partial charge is 0.330 e. The fourth-order valence-corrected chi connectivity index (χ4v) is 0.337. The van der Waals surface area contributed by atoms with Crippen molar-refractivity contribution in [1.82, 2.24) is 0 Å². The van der Waals surface area contributed by atoms with Crippen LogP contribution in [0.2, 0.25) is 0 Å². The van der Waals surface area contributed by atoms with Gasteiger partial charge in [0.25, 0.3) is 0 Å². The van der Waals surface area contributed by atoms with Crippen molar-refractivity contribution in [3.63, 3.8) is 0 Å². The lowest BCUT2D eigenvalue weighted by atomic mass is 10.2. The van der Waals surface area contributed by atoms with Crippen molar-refractivity contribution in [2.45, 2.75) is 13.8 Å². The standard InChI is InChI=1S/C7H10O3/c1-5(6(2)8)4-7(9)10-3/h4H,1-3H3/b5-4+. The monoisotopic (exact) mass is 142 g/mol. The van der Waals surface area contributed by atoms with E-state index in [1.165, 1.54) is 20.1 Å². The lowest BCUT2D eigenvalue weighted by Gasteiger charge is -1.92. The number of methoxy groups -OCH3 is 1. The zero-order valence-electron chi connectivity index (χ0n) is 6.30. The van der Waals surface area contributed by atoms with Gasteiger partial charge in [-0.3, -0.25) is 4.79 Å². The highest BCUT2D eigenvalue weighted by Gasteiger charge is 1.99. The summed E-state index contributed by atoms with van der Waals surface area (Å²) < 4.78 is 4.30. The zero-order chi connectivity index (χ0) is 8.15. The van der Waals surface area contributed by atoms with Gasteiger partial charge in [0.2, 0.25) is 0 Å². The first-order valence-electron chi connectivity index (χ1n) is 2.85. The Bertz CT molecular complexity index is 179. The van der Waals surface area contributed by atoms with Gasteiger partial charge in [0.05, 0.1) is 7.11 Å². The van der Waals surface area contributed by atoms with Crippen molar-refractivity contribution >= 4 is 11.8 Å². The summed E-state index contributed by atoms with van der Waals surface area (Å²) in [5, 5.41) is 0. The maximum absolute atomic E-state index is 10.5. The predicted molar refractivity (Wildman–Crippen MR) is 36.5 cm³/mol. The van der Waals surface area contributed by atoms with Crippen molar-refractivity contribution in [2.75, 3.05) is 7.11 Å². The second-order valence-corrected chi connectivity index (χ2v) is 1.91. The Morgan fingerprint density at radius 3 is 2.10 bits per heavy atom. The van der Waals surface area contributed by atoms with E-state index in [0.717, 1.165) is 0 Å². The number of ether oxygens (including phenoxy) is 1. The van der Waals surface area contributed by atoms with Gasteiger partial charge in [-0.1, -0.05) is 0 Å². The van der Waals surface area contributed by atoms with Gasteiger partial charge in [-0.2, -0.15) is 0 Å². The Kier molecular flexibility index (Phi) is 3.39. The third-order valence-corrected chi connectivity index (χ3v) is 1.09. The molecule has 3 nitrogen and oxygen atoms in total. The minimum atomic E-state index is -0.493. The van der Waals surface area contributed by atoms with Crippen LogP contribution >= 0.6 is 0 Å². The Morgan fingerprint density at radius 1 is 1.30 bits per heavy atom. The summed E-state index contributed by atoms with van der Waals surface area (Å²) in [6, 6.07) is 0. The van der Waals surface area contributed by atoms with Crippen LogP contribution in [0.25, 0.3) is 0 Å². The van der Waals surface area contributed by atoms with E-state index < -0.39 is 5.97 Å². The molecule has 0 N–H and O–H groups in total. The Morgan fingerprint density at radius 2 is 1.80 bits per heavy atom. The number of rotatable bonds is 2. The fourth-order valence-electron chi connectivity index (χ4n) is 0.337. The molecule has 0 spiro atoms. The van der Waals surface area contributed by atoms with E-state index in [1.54, 1.807) is 6.92 Å². The molecule has 0 atom stereocenters. The first-order valence-corrected chi connectivity index (χ1v) is 2.85. The van der Waals surface area contributed by atoms with Gasteiger partial charge in [-0.15, -0.1) is 0 Å². The largest absolute Gasteiger partial charge is 0.466 e. The van der Waals surface area contributed by atoms with Crippen LogP contribution in [0.5, 0.6) is 0 Å². The molecule has 3 heteroatoms. The molecule has 0 amide bonds. The van der Waals surface area contributed by atoms with E-state index in [1.807, 2.05) is 0 Å². The van der Waals surface area contributed by atoms with Gasteiger partial charge in [0, 0.05) is 6.08 Å². The van der Waals surface area contributed by atoms with Gasteiger partial charge < -0.3 is 4.74 Å². The molecule has 0 aromatic carbocycles. The van der Waals surface area contributed by atoms with Crippen molar-refractivity contribution < 1.29 is 14.3 Å². The summed E-state index contributed by atoms with van der Waals surface area (Å²) >= 11 is 0. The topological polar surface area (TPSA) is 43.4 Å². The number of esters is 1. The highest BCUT2D eigenvalue weighted by molar-refractivity contribution is 5.98. The number of Topliss-reactive ketones (excluding diaryl/α,β-unsaturated/α-hetero) is 1. The first-order chi connectivity index (χ1) is 4.57. The average molecular weight is 142 g/mol. The lowest BCUT2D eigenvalue weighted by Crippen LogP contribution is -1.99. The summed E-state index contributed by atoms with van der Waals surface area (Å²) in [4.78, 5) is 21.0. The Labute approximate surface area is 59.7 Å². The summed E-state index contributed by atoms with van der Waals surface area (Å²) in [7, 11) is 1.27. The van der Waals surface area contributed by atoms with Crippen LogP contribution in [0.15, 0.2) is 11.6 Å². The van der Waals surface area contributed by atoms with Gasteiger partial charge in [0.15, 0.2) is 5.78 Å². The quantitative estimate of drug-likeness (QED) is 0.421. The van der Waals surface area contributed by atoms with E-state index in [0.29, 0.717) is 5.57 Å². The van der Waals surface area contributed by atoms with Crippen molar-refractivity contribution in [3.8, 4) is 0 Å². The SMILES string of the molecule is COC(=O)/C=C(\C)C(C)=O. The van der Waals surface area contributed by atoms with Crippen molar-refractivity contribution in [3.05, 3.63) is 11.6 Å². The minimum absolute atomic E-state index is 0.120. The van der Waals surface area contributed by atoms with Gasteiger partial charge >= 0.3 is 5.97 Å². The molecule has 0 saturated heterocycles. The second-order valence-electron chi connectivity index (χ2n) is 1.91. The molecule has 0 radical (unpaired) electrons. The number of ketones is 1. The van der Waals surface area contributed by atoms with E-state index in [9.17, 15) is 9.59 Å². The second kappa shape index (κ2) is 3.82. The molecular formula is C7H10O3. The molecule has 0 aliphatic rings. The highest BCUT2D eigenvalue weighted by Crippen LogP contribution is 1.93. The maximum atomic E-state index is 10.5. The number of carbonyl (C=O) groups excluding carboxylic acids is 2. The first kappa shape index (κ1) is 8.88. The number of hydrogen-bond acceptors (Lipinski definition) is 3. The summed E-state index contributed by atoms with van der Waals surface area (Å²) in [6.45, 7) is 2.97. The van der Waals surface area contributed by atoms with E-state index in [2.05, 4.69) is 4.74 Å². The summed E-state index contributed by atoms with van der Waals surface area (Å²) in [5.74, 6) is -0.613. The molecule has 0 saturated carbocycles. The molecule has 10 heavy (non-hydrogen) atoms. The molecule has 0 aromatic rings. The van der Waals surface area contributed by atoms with Crippen LogP contribution in [0.1, 0.15) is 13.8 Å². The lowest BCUT2D eigenvalue weighted by molar-refractivity contribution is -0.135. The van der Waals surface area contributed by atoms with Crippen molar-refractivity contribution in [1.29, 1.82) is 0 Å². The Hall–Kier alpha value is -1.12.